The van der Waals surface area contributed by atoms with Gasteiger partial charge in [-0.05, 0) is 45.0 Å². The fourth-order valence-corrected chi connectivity index (χ4v) is 1.41. The Morgan fingerprint density at radius 1 is 0.789 bits per heavy atom. The average molecular weight is 1100 g/mol. The van der Waals surface area contributed by atoms with E-state index >= 15 is 0 Å². The third-order valence-electron chi connectivity index (χ3n) is 2.32. The van der Waals surface area contributed by atoms with Gasteiger partial charge in [-0.2, -0.15) is 0 Å². The van der Waals surface area contributed by atoms with Crippen LogP contribution in [0.15, 0.2) is 48.8 Å². The van der Waals surface area contributed by atoms with Gasteiger partial charge in [0, 0.05) is 74.4 Å². The van der Waals surface area contributed by atoms with Crippen molar-refractivity contribution in [3.63, 3.8) is 0 Å². The van der Waals surface area contributed by atoms with E-state index in [1.54, 1.807) is 26.2 Å². The average Bonchev–Trinajstić information content (AvgIpc) is 2.92. The van der Waals surface area contributed by atoms with Crippen LogP contribution < -0.4 is 13.3 Å². The second kappa shape index (κ2) is 71.4. The molecule has 2 aromatic heterocycles. The minimum absolute atomic E-state index is 0. The van der Waals surface area contributed by atoms with Gasteiger partial charge in [-0.15, -0.1) is 0 Å². The molecule has 0 N–H and O–H groups in total. The molecule has 0 saturated heterocycles. The zero-order valence-electron chi connectivity index (χ0n) is 24.0. The van der Waals surface area contributed by atoms with Gasteiger partial charge >= 0.3 is 56.5 Å². The number of ether oxygens (including phenoxy) is 1. The van der Waals surface area contributed by atoms with Crippen molar-refractivity contribution in [1.82, 2.24) is 9.97 Å². The van der Waals surface area contributed by atoms with E-state index in [1.165, 1.54) is 6.92 Å². The van der Waals surface area contributed by atoms with Crippen molar-refractivity contribution in [2.24, 2.45) is 0 Å². The van der Waals surface area contributed by atoms with Crippen LogP contribution in [0, 0.1) is 6.92 Å². The molecule has 0 saturated carbocycles. The summed E-state index contributed by atoms with van der Waals surface area (Å²) in [5.74, 6) is -0.0591. The van der Waals surface area contributed by atoms with Gasteiger partial charge in [0.1, 0.15) is 5.78 Å². The Labute approximate surface area is 291 Å². The summed E-state index contributed by atoms with van der Waals surface area (Å²) in [6.45, 7) is 23.2. The zero-order chi connectivity index (χ0) is 30.2. The Kier molecular flexibility index (Phi) is 118. The van der Waals surface area contributed by atoms with Crippen LogP contribution >= 0.6 is 74.5 Å². The van der Waals surface area contributed by atoms with Gasteiger partial charge in [0.05, 0.1) is 6.61 Å². The van der Waals surface area contributed by atoms with E-state index in [2.05, 4.69) is 89.2 Å². The van der Waals surface area contributed by atoms with Crippen molar-refractivity contribution in [3.05, 3.63) is 60.2 Å². The number of rotatable bonds is 3. The number of Topliss-reactive ketones (excluding diaryl/α,β-unsaturated/α-hetero) is 1. The topological polar surface area (TPSA) is 69.2 Å². The normalized spacial score (nSPS) is 6.63. The molecule has 2 heterocycles. The van der Waals surface area contributed by atoms with Crippen molar-refractivity contribution < 1.29 is 27.6 Å². The van der Waals surface area contributed by atoms with Gasteiger partial charge in [-0.1, -0.05) is 82.4 Å². The summed E-state index contributed by atoms with van der Waals surface area (Å²) in [4.78, 5) is 28.4. The molecule has 0 spiro atoms. The monoisotopic (exact) mass is 1100 g/mol. The number of hydrogen-bond acceptors (Lipinski definition) is 5. The maximum absolute atomic E-state index is 10.6. The van der Waals surface area contributed by atoms with Gasteiger partial charge in [-0.25, -0.2) is 0 Å². The second-order valence-electron chi connectivity index (χ2n) is 4.65. The van der Waals surface area contributed by atoms with E-state index in [0.29, 0.717) is 26.3 Å². The molecule has 2 rings (SSSR count). The van der Waals surface area contributed by atoms with Crippen molar-refractivity contribution >= 4 is 86.2 Å². The van der Waals surface area contributed by atoms with E-state index in [9.17, 15) is 9.59 Å². The van der Waals surface area contributed by atoms with Crippen LogP contribution in [0.4, 0.5) is 0 Å². The summed E-state index contributed by atoms with van der Waals surface area (Å²) >= 11 is 9.54. The van der Waals surface area contributed by atoms with E-state index in [4.69, 9.17) is 0 Å². The van der Waals surface area contributed by atoms with Crippen molar-refractivity contribution in [2.75, 3.05) is 6.61 Å². The fraction of sp³-hybridized carbons (Fsp3) is 0.571. The Morgan fingerprint density at radius 3 is 1.32 bits per heavy atom. The first-order valence-electron chi connectivity index (χ1n) is 11.8. The molecule has 38 heavy (non-hydrogen) atoms. The number of aromatic nitrogens is 2. The molecule has 2 aromatic rings. The molecule has 0 fully saturated rings. The van der Waals surface area contributed by atoms with Crippen LogP contribution in [0.5, 0.6) is 0 Å². The number of halogens is 5. The molecular weight excluding hydrogens is 1050 g/mol. The first-order valence-corrected chi connectivity index (χ1v) is 30.6. The van der Waals surface area contributed by atoms with Gasteiger partial charge in [0.25, 0.3) is 0 Å². The first-order chi connectivity index (χ1) is 17.4. The zero-order valence-corrected chi connectivity index (χ0v) is 34.8. The van der Waals surface area contributed by atoms with Gasteiger partial charge in [-0.3, -0.25) is 19.6 Å². The Morgan fingerprint density at radius 2 is 1.16 bits per heavy atom. The molecule has 10 heteroatoms. The SMILES string of the molecule is C.C.CC.CC.CC.CC.CC(=O)Cc1ccccn1.CCOC(C)=O.Cc1ccccn1.II.I[I-]I. The van der Waals surface area contributed by atoms with Crippen LogP contribution in [0.3, 0.4) is 0 Å². The van der Waals surface area contributed by atoms with Crippen LogP contribution in [0.2, 0.25) is 0 Å². The molecule has 0 aliphatic rings. The second-order valence-corrected chi connectivity index (χ2v) is 20.9. The van der Waals surface area contributed by atoms with Gasteiger partial charge in [0.15, 0.2) is 0 Å². The molecular formula is C28H56I5N2O3-. The number of nitrogens with zero attached hydrogens (tertiary/aromatic N) is 2. The molecule has 0 bridgehead atoms. The van der Waals surface area contributed by atoms with Crippen LogP contribution in [-0.2, 0) is 20.7 Å². The third-order valence-corrected chi connectivity index (χ3v) is 2.32. The van der Waals surface area contributed by atoms with Crippen molar-refractivity contribution in [3.8, 4) is 0 Å². The maximum atomic E-state index is 10.6. The fourth-order valence-electron chi connectivity index (χ4n) is 1.41. The molecule has 232 valence electrons. The standard InChI is InChI=1S/C8H9NO.C6H7N.C4H8O2.4C2H6.2CH4.I3.I2/c1-7(10)6-8-4-2-3-5-9-8;1-6-4-2-3-5-7-6;1-3-6-4(2)5;4*1-2;;;1-3-2;1-2/h2-5H,6H2,1H3;2-5H,1H3;3H2,1-2H3;4*1-2H3;2*1H4;;/q;;;;;;;;;-1;. The number of ketones is 1. The molecule has 0 aromatic carbocycles. The molecule has 0 aliphatic heterocycles. The van der Waals surface area contributed by atoms with Crippen LogP contribution in [0.1, 0.15) is 102 Å². The molecule has 0 aliphatic carbocycles. The summed E-state index contributed by atoms with van der Waals surface area (Å²) in [5, 5.41) is 0. The van der Waals surface area contributed by atoms with Crippen molar-refractivity contribution in [2.45, 2.75) is 104 Å². The number of pyridine rings is 2. The number of hydrogen-bond donors (Lipinski definition) is 0. The quantitative estimate of drug-likeness (QED) is 0.227. The van der Waals surface area contributed by atoms with Crippen molar-refractivity contribution in [1.29, 1.82) is 0 Å². The molecule has 0 atom stereocenters. The van der Waals surface area contributed by atoms with Gasteiger partial charge in [0.2, 0.25) is 0 Å². The molecule has 0 radical (unpaired) electrons. The predicted octanol–water partition coefficient (Wildman–Crippen LogP) is 9.10. The Bertz CT molecular complexity index is 596. The number of esters is 1. The Hall–Kier alpha value is 1.09. The van der Waals surface area contributed by atoms with Crippen LogP contribution in [-0.4, -0.2) is 28.3 Å². The number of aryl methyl sites for hydroxylation is 1. The summed E-state index contributed by atoms with van der Waals surface area (Å²) in [6.07, 6.45) is 3.93. The first kappa shape index (κ1) is 62.6. The van der Waals surface area contributed by atoms with Crippen LogP contribution in [0.25, 0.3) is 0 Å². The van der Waals surface area contributed by atoms with E-state index in [-0.39, 0.29) is 26.6 Å². The molecule has 0 unspecified atom stereocenters. The Balaban J connectivity index is -0.0000000387. The van der Waals surface area contributed by atoms with E-state index < -0.39 is 0 Å². The summed E-state index contributed by atoms with van der Waals surface area (Å²) in [6, 6.07) is 11.4. The van der Waals surface area contributed by atoms with E-state index in [1.807, 2.05) is 98.7 Å². The summed E-state index contributed by atoms with van der Waals surface area (Å²) in [5.41, 5.74) is 1.91. The summed E-state index contributed by atoms with van der Waals surface area (Å²) < 4.78 is 4.40. The van der Waals surface area contributed by atoms with E-state index in [0.717, 1.165) is 11.4 Å². The molecule has 5 nitrogen and oxygen atoms in total. The number of carbonyl (C=O) groups is 2. The van der Waals surface area contributed by atoms with Gasteiger partial charge < -0.3 is 4.74 Å². The minimum atomic E-state index is -0.211. The molecule has 0 amide bonds. The summed E-state index contributed by atoms with van der Waals surface area (Å²) in [7, 11) is 0. The third kappa shape index (κ3) is 83.2. The predicted molar refractivity (Wildman–Crippen MR) is 205 cm³/mol. The number of carbonyl (C=O) groups excluding carboxylic acids is 2.